The molecule has 7 nitrogen and oxygen atoms in total. The molecule has 0 unspecified atom stereocenters. The highest BCUT2D eigenvalue weighted by molar-refractivity contribution is 6.36. The average Bonchev–Trinajstić information content (AvgIpc) is 3.37. The van der Waals surface area contributed by atoms with Gasteiger partial charge in [-0.05, 0) is 87.4 Å². The van der Waals surface area contributed by atoms with E-state index in [2.05, 4.69) is 27.1 Å². The predicted octanol–water partition coefficient (Wildman–Crippen LogP) is 4.77. The predicted molar refractivity (Wildman–Crippen MR) is 158 cm³/mol. The summed E-state index contributed by atoms with van der Waals surface area (Å²) in [6, 6.07) is 8.59. The number of aromatic nitrogens is 2. The zero-order chi connectivity index (χ0) is 27.5. The van der Waals surface area contributed by atoms with E-state index in [0.717, 1.165) is 48.2 Å². The number of hydrogen-bond acceptors (Lipinski definition) is 4. The van der Waals surface area contributed by atoms with Gasteiger partial charge < -0.3 is 20.9 Å². The van der Waals surface area contributed by atoms with Crippen molar-refractivity contribution in [3.63, 3.8) is 0 Å². The molecule has 2 aromatic heterocycles. The summed E-state index contributed by atoms with van der Waals surface area (Å²) in [7, 11) is 0. The molecule has 1 aliphatic carbocycles. The molecule has 2 aliphatic rings. The number of aryl methyl sites for hydroxylation is 2. The standard InChI is InChI=1S/C31H32FN5O2.ClH/c1-19-13-20(2)36-28(19)15-25-24-14-27(32)26(30(38)35-12-4-6-21-5-3-11-34-17-21)16-29(24)37(31(25)39)18-22-7-9-23(33)10-8-22;/h3,5,11,13-17,22-23,36H,7-10,12,18,33H2,1-2H3,(H,35,38);1H/b25-15-;. The van der Waals surface area contributed by atoms with E-state index >= 15 is 4.39 Å². The third-order valence-corrected chi connectivity index (χ3v) is 7.43. The fraction of sp³-hybridized carbons (Fsp3) is 0.323. The second kappa shape index (κ2) is 12.5. The SMILES string of the molecule is Cc1cc(C)c(/C=C2\C(=O)N(CC3CCC(N)CC3)c3cc(C(=O)NCC#Cc4cccnc4)c(F)cc32)[nH]1.Cl. The molecule has 0 radical (unpaired) electrons. The van der Waals surface area contributed by atoms with Gasteiger partial charge in [-0.25, -0.2) is 4.39 Å². The normalized spacial score (nSPS) is 19.1. The minimum absolute atomic E-state index is 0. The molecule has 0 saturated heterocycles. The van der Waals surface area contributed by atoms with Gasteiger partial charge in [0, 0.05) is 47.5 Å². The zero-order valence-electron chi connectivity index (χ0n) is 22.6. The highest BCUT2D eigenvalue weighted by Gasteiger charge is 2.36. The summed E-state index contributed by atoms with van der Waals surface area (Å²) in [4.78, 5) is 35.7. The summed E-state index contributed by atoms with van der Waals surface area (Å²) in [5, 5.41) is 2.66. The largest absolute Gasteiger partial charge is 0.359 e. The van der Waals surface area contributed by atoms with Gasteiger partial charge >= 0.3 is 0 Å². The average molecular weight is 562 g/mol. The van der Waals surface area contributed by atoms with Crippen molar-refractivity contribution in [2.45, 2.75) is 45.6 Å². The van der Waals surface area contributed by atoms with E-state index in [1.807, 2.05) is 26.0 Å². The molecule has 208 valence electrons. The van der Waals surface area contributed by atoms with E-state index in [4.69, 9.17) is 5.73 Å². The van der Waals surface area contributed by atoms with Crippen LogP contribution in [0.2, 0.25) is 0 Å². The Morgan fingerprint density at radius 2 is 2.02 bits per heavy atom. The molecule has 40 heavy (non-hydrogen) atoms. The number of carbonyl (C=O) groups is 2. The Balaban J connectivity index is 0.00000370. The summed E-state index contributed by atoms with van der Waals surface area (Å²) >= 11 is 0. The molecule has 4 N–H and O–H groups in total. The number of rotatable bonds is 5. The quantitative estimate of drug-likeness (QED) is 0.308. The molecule has 9 heteroatoms. The number of halogens is 2. The van der Waals surface area contributed by atoms with Crippen molar-refractivity contribution >= 4 is 41.6 Å². The van der Waals surface area contributed by atoms with Crippen LogP contribution in [0.15, 0.2) is 42.7 Å². The molecule has 2 amide bonds. The van der Waals surface area contributed by atoms with Crippen LogP contribution in [0.3, 0.4) is 0 Å². The van der Waals surface area contributed by atoms with E-state index in [1.54, 1.807) is 29.4 Å². The maximum atomic E-state index is 15.3. The van der Waals surface area contributed by atoms with E-state index < -0.39 is 11.7 Å². The molecule has 1 saturated carbocycles. The first kappa shape index (κ1) is 29.1. The van der Waals surface area contributed by atoms with E-state index in [-0.39, 0.29) is 36.5 Å². The number of benzene rings is 1. The fourth-order valence-corrected chi connectivity index (χ4v) is 5.34. The molecule has 1 aromatic carbocycles. The van der Waals surface area contributed by atoms with E-state index in [0.29, 0.717) is 29.3 Å². The maximum Gasteiger partial charge on any atom is 0.259 e. The number of pyridine rings is 1. The summed E-state index contributed by atoms with van der Waals surface area (Å²) in [5.74, 6) is 4.60. The second-order valence-electron chi connectivity index (χ2n) is 10.4. The molecule has 1 aliphatic heterocycles. The Bertz CT molecular complexity index is 1500. The molecule has 5 rings (SSSR count). The second-order valence-corrected chi connectivity index (χ2v) is 10.4. The molecule has 0 atom stereocenters. The molecule has 1 fully saturated rings. The summed E-state index contributed by atoms with van der Waals surface area (Å²) in [5.41, 5.74) is 10.9. The Kier molecular flexibility index (Phi) is 9.08. The highest BCUT2D eigenvalue weighted by Crippen LogP contribution is 2.41. The summed E-state index contributed by atoms with van der Waals surface area (Å²) in [6.45, 7) is 4.46. The highest BCUT2D eigenvalue weighted by atomic mass is 35.5. The Hall–Kier alpha value is -3.93. The lowest BCUT2D eigenvalue weighted by molar-refractivity contribution is -0.113. The number of fused-ring (bicyclic) bond motifs is 1. The van der Waals surface area contributed by atoms with Gasteiger partial charge in [-0.2, -0.15) is 0 Å². The van der Waals surface area contributed by atoms with Crippen LogP contribution in [0.1, 0.15) is 64.1 Å². The van der Waals surface area contributed by atoms with Crippen LogP contribution in [-0.4, -0.2) is 40.9 Å². The van der Waals surface area contributed by atoms with Gasteiger partial charge in [-0.3, -0.25) is 14.6 Å². The maximum absolute atomic E-state index is 15.3. The molecular formula is C31H33ClFN5O2. The van der Waals surface area contributed by atoms with Crippen LogP contribution in [0.5, 0.6) is 0 Å². The van der Waals surface area contributed by atoms with Gasteiger partial charge in [0.2, 0.25) is 0 Å². The molecule has 3 heterocycles. The Labute approximate surface area is 239 Å². The third-order valence-electron chi connectivity index (χ3n) is 7.43. The van der Waals surface area contributed by atoms with Crippen LogP contribution < -0.4 is 16.0 Å². The minimum atomic E-state index is -0.685. The van der Waals surface area contributed by atoms with Gasteiger partial charge in [0.25, 0.3) is 11.8 Å². The van der Waals surface area contributed by atoms with Crippen molar-refractivity contribution in [1.29, 1.82) is 0 Å². The van der Waals surface area contributed by atoms with Crippen LogP contribution in [0, 0.1) is 37.4 Å². The van der Waals surface area contributed by atoms with Crippen molar-refractivity contribution < 1.29 is 14.0 Å². The third kappa shape index (κ3) is 6.27. The smallest absolute Gasteiger partial charge is 0.259 e. The first-order valence-corrected chi connectivity index (χ1v) is 13.3. The number of carbonyl (C=O) groups excluding carboxylic acids is 2. The van der Waals surface area contributed by atoms with Gasteiger partial charge in [0.05, 0.1) is 23.4 Å². The summed E-state index contributed by atoms with van der Waals surface area (Å²) < 4.78 is 15.3. The van der Waals surface area contributed by atoms with Crippen molar-refractivity contribution in [2.24, 2.45) is 11.7 Å². The number of anilines is 1. The number of nitrogens with zero attached hydrogens (tertiary/aromatic N) is 2. The lowest BCUT2D eigenvalue weighted by Gasteiger charge is -2.30. The monoisotopic (exact) mass is 561 g/mol. The fourth-order valence-electron chi connectivity index (χ4n) is 5.34. The number of amides is 2. The first-order valence-electron chi connectivity index (χ1n) is 13.3. The first-order chi connectivity index (χ1) is 18.8. The van der Waals surface area contributed by atoms with Gasteiger partial charge in [0.1, 0.15) is 5.82 Å². The number of nitrogens with one attached hydrogen (secondary N) is 2. The Morgan fingerprint density at radius 1 is 1.25 bits per heavy atom. The topological polar surface area (TPSA) is 104 Å². The lowest BCUT2D eigenvalue weighted by Crippen LogP contribution is -2.36. The number of aromatic amines is 1. The minimum Gasteiger partial charge on any atom is -0.359 e. The lowest BCUT2D eigenvalue weighted by atomic mass is 9.86. The van der Waals surface area contributed by atoms with Gasteiger partial charge in [-0.1, -0.05) is 11.8 Å². The number of nitrogens with two attached hydrogens (primary N) is 1. The van der Waals surface area contributed by atoms with Crippen molar-refractivity contribution in [3.05, 3.63) is 82.2 Å². The molecular weight excluding hydrogens is 529 g/mol. The van der Waals surface area contributed by atoms with E-state index in [1.165, 1.54) is 12.1 Å². The van der Waals surface area contributed by atoms with Crippen LogP contribution in [0.25, 0.3) is 11.6 Å². The van der Waals surface area contributed by atoms with Crippen molar-refractivity contribution in [3.8, 4) is 11.8 Å². The molecule has 3 aromatic rings. The van der Waals surface area contributed by atoms with Crippen molar-refractivity contribution in [2.75, 3.05) is 18.0 Å². The molecule has 0 bridgehead atoms. The summed E-state index contributed by atoms with van der Waals surface area (Å²) in [6.07, 6.45) is 8.76. The zero-order valence-corrected chi connectivity index (χ0v) is 23.4. The van der Waals surface area contributed by atoms with Crippen LogP contribution >= 0.6 is 12.4 Å². The van der Waals surface area contributed by atoms with Crippen LogP contribution in [0.4, 0.5) is 10.1 Å². The van der Waals surface area contributed by atoms with Crippen LogP contribution in [-0.2, 0) is 4.79 Å². The number of H-pyrrole nitrogens is 1. The number of hydrogen-bond donors (Lipinski definition) is 3. The Morgan fingerprint density at radius 3 is 2.70 bits per heavy atom. The van der Waals surface area contributed by atoms with Gasteiger partial charge in [-0.15, -0.1) is 12.4 Å². The van der Waals surface area contributed by atoms with E-state index in [9.17, 15) is 9.59 Å². The van der Waals surface area contributed by atoms with Crippen molar-refractivity contribution in [1.82, 2.24) is 15.3 Å². The van der Waals surface area contributed by atoms with Gasteiger partial charge in [0.15, 0.2) is 0 Å². The molecule has 0 spiro atoms.